The second-order valence-corrected chi connectivity index (χ2v) is 10.7. The first kappa shape index (κ1) is 22.3. The van der Waals surface area contributed by atoms with Gasteiger partial charge in [-0.25, -0.2) is 4.79 Å². The number of carbonyl (C=O) groups excluding carboxylic acids is 2. The van der Waals surface area contributed by atoms with Crippen LogP contribution in [0.1, 0.15) is 74.7 Å². The number of ether oxygens (including phenoxy) is 3. The molecule has 0 bridgehead atoms. The summed E-state index contributed by atoms with van der Waals surface area (Å²) in [4.78, 5) is 24.6. The van der Waals surface area contributed by atoms with E-state index in [9.17, 15) is 14.7 Å². The van der Waals surface area contributed by atoms with Crippen LogP contribution in [0.3, 0.4) is 0 Å². The van der Waals surface area contributed by atoms with Crippen LogP contribution < -0.4 is 0 Å². The normalized spacial score (nSPS) is 44.4. The Bertz CT molecular complexity index is 736. The number of epoxide rings is 1. The fraction of sp³-hybridized carbons (Fsp3) is 0.826. The van der Waals surface area contributed by atoms with Gasteiger partial charge in [0.25, 0.3) is 0 Å². The molecular weight excluding hydrogens is 372 g/mol. The van der Waals surface area contributed by atoms with E-state index in [0.717, 1.165) is 0 Å². The molecule has 7 atom stereocenters. The zero-order valence-corrected chi connectivity index (χ0v) is 19.0. The molecule has 1 saturated heterocycles. The van der Waals surface area contributed by atoms with Crippen LogP contribution >= 0.6 is 0 Å². The van der Waals surface area contributed by atoms with Crippen molar-refractivity contribution >= 4 is 11.9 Å². The monoisotopic (exact) mass is 408 g/mol. The van der Waals surface area contributed by atoms with E-state index in [1.165, 1.54) is 6.92 Å². The van der Waals surface area contributed by atoms with E-state index in [0.29, 0.717) is 24.8 Å². The van der Waals surface area contributed by atoms with Gasteiger partial charge >= 0.3 is 11.9 Å². The summed E-state index contributed by atoms with van der Waals surface area (Å²) >= 11 is 0. The summed E-state index contributed by atoms with van der Waals surface area (Å²) in [6.07, 6.45) is 2.13. The molecule has 2 saturated carbocycles. The van der Waals surface area contributed by atoms with Crippen LogP contribution in [-0.2, 0) is 23.8 Å². The van der Waals surface area contributed by atoms with Gasteiger partial charge in [0.2, 0.25) is 0 Å². The minimum absolute atomic E-state index is 0.257. The van der Waals surface area contributed by atoms with E-state index < -0.39 is 34.2 Å². The molecule has 2 aliphatic carbocycles. The molecule has 3 fully saturated rings. The molecule has 1 heterocycles. The predicted octanol–water partition coefficient (Wildman–Crippen LogP) is 3.55. The lowest BCUT2D eigenvalue weighted by molar-refractivity contribution is -0.190. The van der Waals surface area contributed by atoms with Gasteiger partial charge in [-0.3, -0.25) is 4.79 Å². The summed E-state index contributed by atoms with van der Waals surface area (Å²) in [5, 5.41) is 11.9. The number of carbonyl (C=O) groups is 2. The molecule has 164 valence electrons. The van der Waals surface area contributed by atoms with E-state index in [4.69, 9.17) is 14.2 Å². The Labute approximate surface area is 174 Å². The fourth-order valence-electron chi connectivity index (χ4n) is 5.71. The van der Waals surface area contributed by atoms with Gasteiger partial charge in [-0.2, -0.15) is 0 Å². The Morgan fingerprint density at radius 3 is 2.28 bits per heavy atom. The quantitative estimate of drug-likeness (QED) is 0.437. The van der Waals surface area contributed by atoms with Crippen LogP contribution in [0.5, 0.6) is 0 Å². The number of hydrogen-bond acceptors (Lipinski definition) is 6. The maximum Gasteiger partial charge on any atom is 0.333 e. The summed E-state index contributed by atoms with van der Waals surface area (Å²) in [5.74, 6) is -1.12. The average molecular weight is 409 g/mol. The van der Waals surface area contributed by atoms with Gasteiger partial charge in [-0.05, 0) is 39.0 Å². The number of rotatable bonds is 3. The van der Waals surface area contributed by atoms with Crippen molar-refractivity contribution in [3.05, 3.63) is 11.6 Å². The molecule has 0 spiro atoms. The Balaban J connectivity index is 2.11. The van der Waals surface area contributed by atoms with Gasteiger partial charge in [0.05, 0.1) is 11.2 Å². The van der Waals surface area contributed by atoms with Crippen molar-refractivity contribution in [2.45, 2.75) is 104 Å². The average Bonchev–Trinajstić information content (AvgIpc) is 3.16. The third-order valence-electron chi connectivity index (χ3n) is 7.72. The SMILES string of the molecule is C/C=C(\C)C(=O)O[C@H]1C[C@@]2(C)O[C@H]2[C@@H](OC(C)=O)[C@@]2(C)CC[C@@](O)(C(C)(C)C)[C@H]12. The molecule has 1 N–H and O–H groups in total. The highest BCUT2D eigenvalue weighted by molar-refractivity contribution is 5.87. The molecule has 0 amide bonds. The third-order valence-corrected chi connectivity index (χ3v) is 7.72. The van der Waals surface area contributed by atoms with E-state index >= 15 is 0 Å². The summed E-state index contributed by atoms with van der Waals surface area (Å²) < 4.78 is 17.8. The van der Waals surface area contributed by atoms with Gasteiger partial charge < -0.3 is 19.3 Å². The molecule has 0 aromatic heterocycles. The number of fused-ring (bicyclic) bond motifs is 2. The van der Waals surface area contributed by atoms with Crippen LogP contribution in [0.15, 0.2) is 11.6 Å². The van der Waals surface area contributed by atoms with Crippen LogP contribution in [0, 0.1) is 16.7 Å². The van der Waals surface area contributed by atoms with E-state index in [2.05, 4.69) is 0 Å². The maximum absolute atomic E-state index is 12.7. The van der Waals surface area contributed by atoms with Crippen molar-refractivity contribution in [3.8, 4) is 0 Å². The molecule has 0 radical (unpaired) electrons. The third kappa shape index (κ3) is 3.42. The molecule has 29 heavy (non-hydrogen) atoms. The first-order valence-corrected chi connectivity index (χ1v) is 10.6. The molecule has 0 aromatic carbocycles. The van der Waals surface area contributed by atoms with E-state index in [-0.39, 0.29) is 24.0 Å². The first-order chi connectivity index (χ1) is 13.2. The number of esters is 2. The Hall–Kier alpha value is -1.40. The molecule has 0 unspecified atom stereocenters. The molecule has 6 nitrogen and oxygen atoms in total. The lowest BCUT2D eigenvalue weighted by atomic mass is 9.62. The van der Waals surface area contributed by atoms with Crippen molar-refractivity contribution in [3.63, 3.8) is 0 Å². The van der Waals surface area contributed by atoms with Crippen LogP contribution in [0.4, 0.5) is 0 Å². The summed E-state index contributed by atoms with van der Waals surface area (Å²) in [5.41, 5.74) is -2.08. The van der Waals surface area contributed by atoms with Gasteiger partial charge in [0.15, 0.2) is 0 Å². The topological polar surface area (TPSA) is 85.4 Å². The second-order valence-electron chi connectivity index (χ2n) is 10.7. The van der Waals surface area contributed by atoms with Crippen molar-refractivity contribution in [2.75, 3.05) is 0 Å². The zero-order chi connectivity index (χ0) is 22.0. The van der Waals surface area contributed by atoms with Gasteiger partial charge in [-0.15, -0.1) is 0 Å². The summed E-state index contributed by atoms with van der Waals surface area (Å²) in [6, 6.07) is 0. The lowest BCUT2D eigenvalue weighted by Gasteiger charge is -2.49. The number of allylic oxidation sites excluding steroid dienone is 1. The van der Waals surface area contributed by atoms with Gasteiger partial charge in [0, 0.05) is 30.3 Å². The highest BCUT2D eigenvalue weighted by atomic mass is 16.6. The predicted molar refractivity (Wildman–Crippen MR) is 108 cm³/mol. The Morgan fingerprint density at radius 2 is 1.76 bits per heavy atom. The minimum atomic E-state index is -1.07. The lowest BCUT2D eigenvalue weighted by Crippen LogP contribution is -2.57. The molecule has 0 aromatic rings. The van der Waals surface area contributed by atoms with E-state index in [1.807, 2.05) is 34.6 Å². The van der Waals surface area contributed by atoms with Crippen molar-refractivity contribution < 1.29 is 28.9 Å². The van der Waals surface area contributed by atoms with Crippen molar-refractivity contribution in [2.24, 2.45) is 16.7 Å². The van der Waals surface area contributed by atoms with Crippen molar-refractivity contribution in [1.82, 2.24) is 0 Å². The van der Waals surface area contributed by atoms with Crippen molar-refractivity contribution in [1.29, 1.82) is 0 Å². The summed E-state index contributed by atoms with van der Waals surface area (Å²) in [6.45, 7) is 15.0. The number of aliphatic hydroxyl groups is 1. The maximum atomic E-state index is 12.7. The molecular formula is C23H36O6. The van der Waals surface area contributed by atoms with Gasteiger partial charge in [0.1, 0.15) is 18.3 Å². The van der Waals surface area contributed by atoms with Crippen LogP contribution in [0.25, 0.3) is 0 Å². The standard InChI is InChI=1S/C23H36O6/c1-9-13(2)19(25)28-15-12-22(8)18(29-22)17(27-14(3)24)21(7)10-11-23(26,16(15)21)20(4,5)6/h9,15-18,26H,10-12H2,1-8H3/b13-9+/t15-,16+,17+,18-,21-,22+,23-/m0/s1. The Morgan fingerprint density at radius 1 is 1.14 bits per heavy atom. The van der Waals surface area contributed by atoms with Gasteiger partial charge in [-0.1, -0.05) is 33.8 Å². The zero-order valence-electron chi connectivity index (χ0n) is 19.0. The van der Waals surface area contributed by atoms with Crippen LogP contribution in [-0.4, -0.2) is 46.6 Å². The molecule has 3 aliphatic rings. The second kappa shape index (κ2) is 6.81. The number of hydrogen-bond donors (Lipinski definition) is 1. The highest BCUT2D eigenvalue weighted by Gasteiger charge is 2.74. The smallest absolute Gasteiger partial charge is 0.333 e. The summed E-state index contributed by atoms with van der Waals surface area (Å²) in [7, 11) is 0. The highest BCUT2D eigenvalue weighted by Crippen LogP contribution is 2.66. The minimum Gasteiger partial charge on any atom is -0.459 e. The Kier molecular flexibility index (Phi) is 5.23. The molecule has 1 aliphatic heterocycles. The molecule has 6 heteroatoms. The first-order valence-electron chi connectivity index (χ1n) is 10.6. The fourth-order valence-corrected chi connectivity index (χ4v) is 5.71. The largest absolute Gasteiger partial charge is 0.459 e. The van der Waals surface area contributed by atoms with E-state index in [1.54, 1.807) is 19.9 Å². The van der Waals surface area contributed by atoms with Crippen LogP contribution in [0.2, 0.25) is 0 Å². The molecule has 3 rings (SSSR count).